The summed E-state index contributed by atoms with van der Waals surface area (Å²) in [7, 11) is 0. The van der Waals surface area contributed by atoms with Gasteiger partial charge in [-0.15, -0.1) is 0 Å². The number of halogens is 1. The van der Waals surface area contributed by atoms with Gasteiger partial charge in [0.1, 0.15) is 12.4 Å². The molecule has 0 unspecified atom stereocenters. The van der Waals surface area contributed by atoms with Crippen LogP contribution in [0.2, 0.25) is 0 Å². The maximum atomic E-state index is 5.65. The quantitative estimate of drug-likeness (QED) is 0.862. The lowest BCUT2D eigenvalue weighted by molar-refractivity contribution is 0.174. The van der Waals surface area contributed by atoms with E-state index in [4.69, 9.17) is 25.8 Å². The Kier molecular flexibility index (Phi) is 4.73. The number of hydrogen-bond donors (Lipinski definition) is 1. The summed E-state index contributed by atoms with van der Waals surface area (Å²) in [6.07, 6.45) is 1.74. The van der Waals surface area contributed by atoms with E-state index in [1.165, 1.54) is 5.54 Å². The first-order valence-electron chi connectivity index (χ1n) is 5.86. The Morgan fingerprint density at radius 2 is 2.17 bits per heavy atom. The largest absolute Gasteiger partial charge is 0.489 e. The second-order valence-electron chi connectivity index (χ2n) is 3.77. The highest BCUT2D eigenvalue weighted by Crippen LogP contribution is 2.38. The summed E-state index contributed by atoms with van der Waals surface area (Å²) in [6, 6.07) is 3.81. The molecule has 1 N–H and O–H groups in total. The first-order chi connectivity index (χ1) is 8.85. The van der Waals surface area contributed by atoms with Gasteiger partial charge in [0.25, 0.3) is 0 Å². The van der Waals surface area contributed by atoms with E-state index in [-0.39, 0.29) is 6.79 Å². The molecular weight excluding hydrogens is 254 g/mol. The molecule has 1 aromatic carbocycles. The molecule has 0 spiro atoms. The summed E-state index contributed by atoms with van der Waals surface area (Å²) in [5.41, 5.74) is 2.49. The van der Waals surface area contributed by atoms with E-state index in [2.05, 4.69) is 12.2 Å². The van der Waals surface area contributed by atoms with Crippen LogP contribution in [0.4, 0.5) is 0 Å². The number of hydrogen-bond acceptors (Lipinski definition) is 4. The zero-order valence-electron chi connectivity index (χ0n) is 10.2. The summed E-state index contributed by atoms with van der Waals surface area (Å²) < 4.78 is 16.4. The Bertz CT molecular complexity index is 434. The topological polar surface area (TPSA) is 39.7 Å². The number of nitrogens with one attached hydrogen (secondary N) is 1. The average Bonchev–Trinajstić information content (AvgIpc) is 2.83. The van der Waals surface area contributed by atoms with Crippen LogP contribution in [0.15, 0.2) is 23.7 Å². The molecule has 1 heterocycles. The second kappa shape index (κ2) is 6.52. The molecular formula is C13H16ClNO3. The highest BCUT2D eigenvalue weighted by atomic mass is 35.5. The monoisotopic (exact) mass is 269 g/mol. The molecule has 5 heteroatoms. The van der Waals surface area contributed by atoms with Crippen molar-refractivity contribution in [2.45, 2.75) is 13.5 Å². The predicted octanol–water partition coefficient (Wildman–Crippen LogP) is 2.66. The van der Waals surface area contributed by atoms with Crippen molar-refractivity contribution >= 4 is 11.6 Å². The van der Waals surface area contributed by atoms with Crippen LogP contribution in [0, 0.1) is 0 Å². The summed E-state index contributed by atoms with van der Waals surface area (Å²) >= 11 is 5.47. The molecule has 0 aromatic heterocycles. The summed E-state index contributed by atoms with van der Waals surface area (Å²) in [5.74, 6) is 2.28. The summed E-state index contributed by atoms with van der Waals surface area (Å²) in [6.45, 7) is 4.38. The first kappa shape index (κ1) is 13.1. The van der Waals surface area contributed by atoms with Crippen LogP contribution >= 0.6 is 11.6 Å². The molecule has 1 aliphatic rings. The highest BCUT2D eigenvalue weighted by molar-refractivity contribution is 6.25. The zero-order valence-corrected chi connectivity index (χ0v) is 11.0. The van der Waals surface area contributed by atoms with Crippen molar-refractivity contribution in [3.8, 4) is 17.2 Å². The van der Waals surface area contributed by atoms with Crippen LogP contribution in [0.5, 0.6) is 17.2 Å². The van der Waals surface area contributed by atoms with Crippen molar-refractivity contribution in [3.63, 3.8) is 0 Å². The lowest BCUT2D eigenvalue weighted by Gasteiger charge is -2.11. The number of rotatable bonds is 6. The molecule has 0 saturated heterocycles. The molecule has 2 rings (SSSR count). The van der Waals surface area contributed by atoms with E-state index in [1.54, 1.807) is 6.08 Å². The minimum Gasteiger partial charge on any atom is -0.489 e. The normalized spacial score (nSPS) is 13.2. The Morgan fingerprint density at radius 3 is 2.89 bits per heavy atom. The van der Waals surface area contributed by atoms with Gasteiger partial charge < -0.3 is 19.5 Å². The minimum atomic E-state index is 0.265. The highest BCUT2D eigenvalue weighted by Gasteiger charge is 2.17. The van der Waals surface area contributed by atoms with E-state index in [0.717, 1.165) is 35.9 Å². The van der Waals surface area contributed by atoms with Gasteiger partial charge in [-0.25, -0.2) is 0 Å². The standard InChI is InChI=1S/C13H16ClNO3/c1-2-15-8-10-6-12-13(18-9-17-12)7-11(10)16-5-3-4-14/h3-4,6-7,15H,2,5,8-9H2,1H3/b4-3+. The smallest absolute Gasteiger partial charge is 0.231 e. The zero-order chi connectivity index (χ0) is 12.8. The van der Waals surface area contributed by atoms with Crippen LogP contribution in [0.25, 0.3) is 0 Å². The fourth-order valence-electron chi connectivity index (χ4n) is 1.67. The molecule has 1 aromatic rings. The van der Waals surface area contributed by atoms with Crippen molar-refractivity contribution in [1.82, 2.24) is 5.32 Å². The molecule has 0 radical (unpaired) electrons. The van der Waals surface area contributed by atoms with Gasteiger partial charge in [-0.3, -0.25) is 0 Å². The molecule has 0 amide bonds. The van der Waals surface area contributed by atoms with E-state index >= 15 is 0 Å². The molecule has 18 heavy (non-hydrogen) atoms. The lowest BCUT2D eigenvalue weighted by atomic mass is 10.1. The Balaban J connectivity index is 2.17. The Labute approximate surface area is 111 Å². The molecule has 0 fully saturated rings. The predicted molar refractivity (Wildman–Crippen MR) is 70.4 cm³/mol. The van der Waals surface area contributed by atoms with Crippen molar-refractivity contribution in [3.05, 3.63) is 29.3 Å². The van der Waals surface area contributed by atoms with Crippen LogP contribution < -0.4 is 19.5 Å². The maximum Gasteiger partial charge on any atom is 0.231 e. The molecule has 0 bridgehead atoms. The Hall–Kier alpha value is -1.39. The van der Waals surface area contributed by atoms with Crippen LogP contribution in [-0.4, -0.2) is 19.9 Å². The van der Waals surface area contributed by atoms with Gasteiger partial charge in [0.05, 0.1) is 0 Å². The third-order valence-electron chi connectivity index (χ3n) is 2.55. The van der Waals surface area contributed by atoms with Crippen LogP contribution in [-0.2, 0) is 6.54 Å². The van der Waals surface area contributed by atoms with Gasteiger partial charge in [-0.1, -0.05) is 18.5 Å². The molecule has 4 nitrogen and oxygen atoms in total. The molecule has 1 aliphatic heterocycles. The van der Waals surface area contributed by atoms with E-state index in [1.807, 2.05) is 12.1 Å². The van der Waals surface area contributed by atoms with Gasteiger partial charge in [0.2, 0.25) is 6.79 Å². The van der Waals surface area contributed by atoms with Gasteiger partial charge in [0, 0.05) is 23.7 Å². The van der Waals surface area contributed by atoms with E-state index in [9.17, 15) is 0 Å². The van der Waals surface area contributed by atoms with E-state index in [0.29, 0.717) is 6.61 Å². The molecule has 0 saturated carbocycles. The SMILES string of the molecule is CCNCc1cc2c(cc1OC/C=C/Cl)OCO2. The number of ether oxygens (including phenoxy) is 3. The number of fused-ring (bicyclic) bond motifs is 1. The fraction of sp³-hybridized carbons (Fsp3) is 0.385. The third kappa shape index (κ3) is 3.09. The van der Waals surface area contributed by atoms with Crippen molar-refractivity contribution in [2.24, 2.45) is 0 Å². The average molecular weight is 270 g/mol. The minimum absolute atomic E-state index is 0.265. The molecule has 0 atom stereocenters. The fourth-order valence-corrected chi connectivity index (χ4v) is 1.74. The second-order valence-corrected chi connectivity index (χ2v) is 4.02. The Morgan fingerprint density at radius 1 is 1.39 bits per heavy atom. The van der Waals surface area contributed by atoms with Gasteiger partial charge in [-0.2, -0.15) is 0 Å². The maximum absolute atomic E-state index is 5.65. The van der Waals surface area contributed by atoms with E-state index < -0.39 is 0 Å². The molecule has 0 aliphatic carbocycles. The van der Waals surface area contributed by atoms with Crippen LogP contribution in [0.1, 0.15) is 12.5 Å². The lowest BCUT2D eigenvalue weighted by Crippen LogP contribution is -2.13. The third-order valence-corrected chi connectivity index (χ3v) is 2.72. The van der Waals surface area contributed by atoms with Crippen molar-refractivity contribution in [1.29, 1.82) is 0 Å². The van der Waals surface area contributed by atoms with Gasteiger partial charge >= 0.3 is 0 Å². The summed E-state index contributed by atoms with van der Waals surface area (Å²) in [5, 5.41) is 3.27. The van der Waals surface area contributed by atoms with Gasteiger partial charge in [-0.05, 0) is 18.7 Å². The summed E-state index contributed by atoms with van der Waals surface area (Å²) in [4.78, 5) is 0. The first-order valence-corrected chi connectivity index (χ1v) is 6.30. The van der Waals surface area contributed by atoms with Crippen LogP contribution in [0.3, 0.4) is 0 Å². The molecule has 98 valence electrons. The van der Waals surface area contributed by atoms with Crippen molar-refractivity contribution in [2.75, 3.05) is 19.9 Å². The van der Waals surface area contributed by atoms with Gasteiger partial charge in [0.15, 0.2) is 11.5 Å². The van der Waals surface area contributed by atoms with Crippen molar-refractivity contribution < 1.29 is 14.2 Å². The number of benzene rings is 1.